The Morgan fingerprint density at radius 1 is 0.442 bits per heavy atom. The molecule has 0 fully saturated rings. The number of carbonyl (C=O) groups excluding carboxylic acids is 1. The number of hydrogen-bond acceptors (Lipinski definition) is 3. The molecular weight excluding hydrogens is 641 g/mol. The molecule has 0 saturated heterocycles. The summed E-state index contributed by atoms with van der Waals surface area (Å²) in [6, 6.07) is 0. The maximum Gasteiger partial charge on any atom is 0.330 e. The van der Waals surface area contributed by atoms with Crippen molar-refractivity contribution < 1.29 is 19.4 Å². The molecule has 0 radical (unpaired) electrons. The van der Waals surface area contributed by atoms with E-state index in [1.54, 1.807) is 19.9 Å². The van der Waals surface area contributed by atoms with Crippen molar-refractivity contribution in [3.8, 4) is 0 Å². The van der Waals surface area contributed by atoms with Gasteiger partial charge in [-0.25, -0.2) is 9.59 Å². The summed E-state index contributed by atoms with van der Waals surface area (Å²) in [6.45, 7) is 10.2. The fraction of sp³-hybridized carbons (Fsp3) is 0.375. The highest BCUT2D eigenvalue weighted by atomic mass is 16.5. The number of aliphatic carboxylic acids is 1. The number of hydrogen-bond donors (Lipinski definition) is 1. The molecule has 0 saturated carbocycles. The van der Waals surface area contributed by atoms with Crippen LogP contribution in [0.5, 0.6) is 0 Å². The Morgan fingerprint density at radius 3 is 1.12 bits per heavy atom. The van der Waals surface area contributed by atoms with E-state index in [0.717, 1.165) is 88.2 Å². The lowest BCUT2D eigenvalue weighted by molar-refractivity contribution is -0.137. The van der Waals surface area contributed by atoms with Gasteiger partial charge in [0.15, 0.2) is 0 Å². The lowest BCUT2D eigenvalue weighted by atomic mass is 10.2. The first-order valence-corrected chi connectivity index (χ1v) is 19.0. The van der Waals surface area contributed by atoms with Gasteiger partial charge in [0.25, 0.3) is 0 Å². The predicted molar refractivity (Wildman–Crippen MR) is 228 cm³/mol. The number of carboxylic acid groups (broad SMARTS) is 1. The predicted octanol–water partition coefficient (Wildman–Crippen LogP) is 13.9. The van der Waals surface area contributed by atoms with E-state index in [1.807, 2.05) is 37.3 Å². The van der Waals surface area contributed by atoms with Crippen LogP contribution in [0.2, 0.25) is 0 Å². The van der Waals surface area contributed by atoms with Gasteiger partial charge in [-0.1, -0.05) is 160 Å². The molecule has 0 aliphatic carbocycles. The molecule has 0 spiro atoms. The zero-order chi connectivity index (χ0) is 38.6. The molecule has 52 heavy (non-hydrogen) atoms. The third-order valence-electron chi connectivity index (χ3n) is 6.63. The van der Waals surface area contributed by atoms with Crippen LogP contribution in [0.25, 0.3) is 0 Å². The van der Waals surface area contributed by atoms with Crippen LogP contribution in [-0.4, -0.2) is 23.7 Å². The average Bonchev–Trinajstić information content (AvgIpc) is 3.11. The molecule has 284 valence electrons. The number of unbranched alkanes of at least 4 members (excludes halogenated alkanes) is 2. The van der Waals surface area contributed by atoms with Gasteiger partial charge in [-0.3, -0.25) is 0 Å². The summed E-state index contributed by atoms with van der Waals surface area (Å²) in [4.78, 5) is 21.7. The largest absolute Gasteiger partial charge is 0.478 e. The molecule has 0 aromatic carbocycles. The molecule has 4 heteroatoms. The first kappa shape index (κ1) is 49.4. The lowest BCUT2D eigenvalue weighted by Crippen LogP contribution is -1.99. The van der Waals surface area contributed by atoms with Gasteiger partial charge in [0.2, 0.25) is 0 Å². The topological polar surface area (TPSA) is 63.6 Å². The molecule has 0 atom stereocenters. The molecule has 4 nitrogen and oxygen atoms in total. The van der Waals surface area contributed by atoms with Crippen LogP contribution in [0.3, 0.4) is 0 Å². The van der Waals surface area contributed by atoms with Gasteiger partial charge in [-0.05, 0) is 109 Å². The van der Waals surface area contributed by atoms with E-state index in [-0.39, 0.29) is 5.97 Å². The zero-order valence-electron chi connectivity index (χ0n) is 32.9. The Labute approximate surface area is 317 Å². The van der Waals surface area contributed by atoms with E-state index in [9.17, 15) is 9.59 Å². The van der Waals surface area contributed by atoms with Gasteiger partial charge in [0.1, 0.15) is 0 Å². The van der Waals surface area contributed by atoms with Crippen molar-refractivity contribution >= 4 is 11.9 Å². The molecule has 0 amide bonds. The minimum absolute atomic E-state index is 0.289. The molecule has 0 heterocycles. The smallest absolute Gasteiger partial charge is 0.330 e. The Morgan fingerprint density at radius 2 is 0.769 bits per heavy atom. The first-order valence-electron chi connectivity index (χ1n) is 19.0. The van der Waals surface area contributed by atoms with Crippen molar-refractivity contribution in [2.24, 2.45) is 0 Å². The lowest BCUT2D eigenvalue weighted by Gasteiger charge is -1.95. The van der Waals surface area contributed by atoms with Crippen LogP contribution in [0.4, 0.5) is 0 Å². The second-order valence-electron chi connectivity index (χ2n) is 11.6. The zero-order valence-corrected chi connectivity index (χ0v) is 32.9. The fourth-order valence-corrected chi connectivity index (χ4v) is 4.01. The standard InChI is InChI=1S/C25H36O2.C23H32O2/c1-4-6-7-8-9-10-11-12-13-14-15-16-17-18-19-20-21-22-24(3)23-25(26)27-5-2;1-3-4-5-6-7-8-9-10-11-12-13-14-15-16-17-18-19-20-22(2)21-23(24)25/h6-7,9-10,12-13,15-16,19-23H,4-5,8,11,14,17-18H2,1-3H3;4-5,7-8,10-11,13-14,17-21H,3,6,9,12,15-16H2,1-2H3,(H,24,25)/b7-6-,10-9-,13-12-,16-15-,20-19+,22-21+,24-23+;5-4-,8-7-,11-10-,14-13-,18-17+,20-19+,22-21+. The number of allylic oxidation sites excluding steroid dienone is 26. The number of esters is 1. The summed E-state index contributed by atoms with van der Waals surface area (Å²) in [5.41, 5.74) is 1.62. The molecule has 0 aromatic heterocycles. The van der Waals surface area contributed by atoms with Crippen LogP contribution >= 0.6 is 0 Å². The molecule has 0 aliphatic heterocycles. The highest BCUT2D eigenvalue weighted by molar-refractivity contribution is 5.83. The Kier molecular flexibility index (Phi) is 40.4. The average molecular weight is 709 g/mol. The van der Waals surface area contributed by atoms with Crippen LogP contribution in [-0.2, 0) is 14.3 Å². The number of rotatable bonds is 27. The van der Waals surface area contributed by atoms with E-state index < -0.39 is 5.97 Å². The highest BCUT2D eigenvalue weighted by Crippen LogP contribution is 2.01. The van der Waals surface area contributed by atoms with Crippen LogP contribution in [0.15, 0.2) is 169 Å². The van der Waals surface area contributed by atoms with Crippen molar-refractivity contribution in [2.45, 2.75) is 112 Å². The molecule has 0 rings (SSSR count). The van der Waals surface area contributed by atoms with Crippen molar-refractivity contribution in [1.82, 2.24) is 0 Å². The number of ether oxygens (including phenoxy) is 1. The van der Waals surface area contributed by atoms with E-state index in [4.69, 9.17) is 9.84 Å². The summed E-state index contributed by atoms with van der Waals surface area (Å²) in [5.74, 6) is -1.20. The van der Waals surface area contributed by atoms with E-state index in [0.29, 0.717) is 6.61 Å². The summed E-state index contributed by atoms with van der Waals surface area (Å²) in [5, 5.41) is 8.58. The van der Waals surface area contributed by atoms with E-state index in [1.165, 1.54) is 12.2 Å². The van der Waals surface area contributed by atoms with Gasteiger partial charge in [-0.15, -0.1) is 0 Å². The normalized spacial score (nSPS) is 13.6. The second kappa shape index (κ2) is 42.5. The van der Waals surface area contributed by atoms with E-state index in [2.05, 4.69) is 123 Å². The van der Waals surface area contributed by atoms with Crippen molar-refractivity contribution in [1.29, 1.82) is 0 Å². The Hall–Kier alpha value is -4.70. The Bertz CT molecular complexity index is 1310. The third kappa shape index (κ3) is 45.3. The molecule has 0 aromatic rings. The maximum absolute atomic E-state index is 11.3. The van der Waals surface area contributed by atoms with Gasteiger partial charge in [0, 0.05) is 12.2 Å². The maximum atomic E-state index is 11.3. The Balaban J connectivity index is 0. The van der Waals surface area contributed by atoms with E-state index >= 15 is 0 Å². The van der Waals surface area contributed by atoms with Crippen molar-refractivity contribution in [3.63, 3.8) is 0 Å². The minimum atomic E-state index is -0.912. The van der Waals surface area contributed by atoms with Crippen LogP contribution < -0.4 is 0 Å². The SMILES string of the molecule is CC/C=C\C/C=C\C/C=C\C/C=C\CC/C=C/C=C/C(C)=C/C(=O)O.CC/C=C\C/C=C\C/C=C\C/C=C\CC/C=C/C=C/C(C)=C/C(=O)OCC. The molecule has 0 aliphatic rings. The second-order valence-corrected chi connectivity index (χ2v) is 11.6. The van der Waals surface area contributed by atoms with Gasteiger partial charge in [-0.2, -0.15) is 0 Å². The van der Waals surface area contributed by atoms with Gasteiger partial charge >= 0.3 is 11.9 Å². The van der Waals surface area contributed by atoms with Gasteiger partial charge < -0.3 is 9.84 Å². The van der Waals surface area contributed by atoms with Crippen molar-refractivity contribution in [2.75, 3.05) is 6.61 Å². The van der Waals surface area contributed by atoms with Crippen molar-refractivity contribution in [3.05, 3.63) is 169 Å². The summed E-state index contributed by atoms with van der Waals surface area (Å²) < 4.78 is 4.86. The summed E-state index contributed by atoms with van der Waals surface area (Å²) in [6.07, 6.45) is 65.9. The fourth-order valence-electron chi connectivity index (χ4n) is 4.01. The third-order valence-corrected chi connectivity index (χ3v) is 6.63. The highest BCUT2D eigenvalue weighted by Gasteiger charge is 1.94. The molecule has 0 unspecified atom stereocenters. The first-order chi connectivity index (χ1) is 25.4. The summed E-state index contributed by atoms with van der Waals surface area (Å²) >= 11 is 0. The van der Waals surface area contributed by atoms with Gasteiger partial charge in [0.05, 0.1) is 6.61 Å². The number of carboxylic acids is 1. The molecule has 0 bridgehead atoms. The summed E-state index contributed by atoms with van der Waals surface area (Å²) in [7, 11) is 0. The monoisotopic (exact) mass is 709 g/mol. The van der Waals surface area contributed by atoms with Crippen LogP contribution in [0, 0.1) is 0 Å². The van der Waals surface area contributed by atoms with Crippen LogP contribution in [0.1, 0.15) is 112 Å². The quantitative estimate of drug-likeness (QED) is 0.0303. The minimum Gasteiger partial charge on any atom is -0.478 e. The number of carbonyl (C=O) groups is 2. The molecule has 1 N–H and O–H groups in total. The molecular formula is C48H68O4.